The number of Topliss-reactive ketones (excluding diaryl/α,β-unsaturated/α-hetero) is 1. The number of ketones is 1. The Morgan fingerprint density at radius 1 is 1.26 bits per heavy atom. The van der Waals surface area contributed by atoms with Crippen LogP contribution in [0.2, 0.25) is 0 Å². The summed E-state index contributed by atoms with van der Waals surface area (Å²) in [4.78, 5) is 24.6. The number of hydrogen-bond donors (Lipinski definition) is 0. The minimum Gasteiger partial charge on any atom is -0.482 e. The Kier molecular flexibility index (Phi) is 4.61. The number of carbonyl (C=O) groups excluding carboxylic acids is 2. The van der Waals surface area contributed by atoms with Gasteiger partial charge in [-0.2, -0.15) is 0 Å². The van der Waals surface area contributed by atoms with Gasteiger partial charge in [0.2, 0.25) is 6.10 Å². The summed E-state index contributed by atoms with van der Waals surface area (Å²) in [5.74, 6) is -1.45. The van der Waals surface area contributed by atoms with E-state index in [0.29, 0.717) is 17.9 Å². The molecule has 130 valence electrons. The summed E-state index contributed by atoms with van der Waals surface area (Å²) in [5.41, 5.74) is -0.156. The van der Waals surface area contributed by atoms with Crippen molar-refractivity contribution in [2.75, 3.05) is 6.61 Å². The third-order valence-electron chi connectivity index (χ3n) is 3.79. The Hall–Kier alpha value is -1.40. The van der Waals surface area contributed by atoms with E-state index >= 15 is 0 Å². The standard InChI is InChI=1S/C17H26O6/c1-9(18)12-10(2)21-14(15(19)23-16(3,4)5)13(12)11-8-20-17(6,7)22-11/h11,13-14H,8H2,1-7H3/t11-,13-,14-/m0/s1. The summed E-state index contributed by atoms with van der Waals surface area (Å²) in [6, 6.07) is 0. The maximum atomic E-state index is 12.5. The third kappa shape index (κ3) is 3.93. The minimum absolute atomic E-state index is 0.133. The van der Waals surface area contributed by atoms with Crippen molar-refractivity contribution < 1.29 is 28.5 Å². The molecule has 2 heterocycles. The number of ether oxygens (including phenoxy) is 4. The van der Waals surface area contributed by atoms with Gasteiger partial charge in [-0.1, -0.05) is 0 Å². The Morgan fingerprint density at radius 3 is 2.30 bits per heavy atom. The molecule has 3 atom stereocenters. The summed E-state index contributed by atoms with van der Waals surface area (Å²) in [6.07, 6.45) is -1.32. The summed E-state index contributed by atoms with van der Waals surface area (Å²) < 4.78 is 22.6. The Morgan fingerprint density at radius 2 is 1.87 bits per heavy atom. The monoisotopic (exact) mass is 326 g/mol. The van der Waals surface area contributed by atoms with Crippen molar-refractivity contribution in [2.45, 2.75) is 72.1 Å². The lowest BCUT2D eigenvalue weighted by Crippen LogP contribution is -2.42. The molecule has 0 amide bonds. The fourth-order valence-corrected chi connectivity index (χ4v) is 3.02. The molecule has 2 rings (SSSR count). The second-order valence-corrected chi connectivity index (χ2v) is 7.49. The molecule has 0 aromatic carbocycles. The molecular formula is C17H26O6. The van der Waals surface area contributed by atoms with Crippen LogP contribution in [0.5, 0.6) is 0 Å². The molecule has 2 aliphatic heterocycles. The highest BCUT2D eigenvalue weighted by atomic mass is 16.7. The van der Waals surface area contributed by atoms with Gasteiger partial charge in [0, 0.05) is 5.57 Å². The predicted octanol–water partition coefficient (Wildman–Crippen LogP) is 2.36. The van der Waals surface area contributed by atoms with E-state index in [1.165, 1.54) is 6.92 Å². The van der Waals surface area contributed by atoms with Gasteiger partial charge in [-0.15, -0.1) is 0 Å². The zero-order valence-electron chi connectivity index (χ0n) is 14.9. The molecule has 23 heavy (non-hydrogen) atoms. The lowest BCUT2D eigenvalue weighted by atomic mass is 9.87. The molecule has 0 N–H and O–H groups in total. The SMILES string of the molecule is CC(=O)C1=C(C)O[C@H](C(=O)OC(C)(C)C)[C@H]1[C@@H]1COC(C)(C)O1. The first-order valence-electron chi connectivity index (χ1n) is 7.84. The summed E-state index contributed by atoms with van der Waals surface area (Å²) >= 11 is 0. The second kappa shape index (κ2) is 5.91. The first-order chi connectivity index (χ1) is 10.4. The van der Waals surface area contributed by atoms with Crippen molar-refractivity contribution in [3.05, 3.63) is 11.3 Å². The zero-order valence-corrected chi connectivity index (χ0v) is 14.9. The van der Waals surface area contributed by atoms with Crippen molar-refractivity contribution >= 4 is 11.8 Å². The number of hydrogen-bond acceptors (Lipinski definition) is 6. The Bertz CT molecular complexity index is 540. The quantitative estimate of drug-likeness (QED) is 0.742. The van der Waals surface area contributed by atoms with Crippen LogP contribution in [0.15, 0.2) is 11.3 Å². The van der Waals surface area contributed by atoms with Gasteiger partial charge in [0.15, 0.2) is 11.6 Å². The second-order valence-electron chi connectivity index (χ2n) is 7.49. The van der Waals surface area contributed by atoms with Gasteiger partial charge >= 0.3 is 5.97 Å². The van der Waals surface area contributed by atoms with Crippen LogP contribution in [0.3, 0.4) is 0 Å². The van der Waals surface area contributed by atoms with Crippen LogP contribution in [0.4, 0.5) is 0 Å². The van der Waals surface area contributed by atoms with Crippen LogP contribution in [-0.4, -0.2) is 42.0 Å². The topological polar surface area (TPSA) is 71.1 Å². The van der Waals surface area contributed by atoms with E-state index in [2.05, 4.69) is 0 Å². The minimum atomic E-state index is -0.893. The summed E-state index contributed by atoms with van der Waals surface area (Å²) in [5, 5.41) is 0. The molecule has 6 heteroatoms. The molecule has 1 saturated heterocycles. The van der Waals surface area contributed by atoms with Gasteiger partial charge in [0.25, 0.3) is 0 Å². The van der Waals surface area contributed by atoms with E-state index in [-0.39, 0.29) is 5.78 Å². The van der Waals surface area contributed by atoms with Gasteiger partial charge < -0.3 is 18.9 Å². The van der Waals surface area contributed by atoms with E-state index in [1.807, 2.05) is 0 Å². The number of rotatable bonds is 3. The van der Waals surface area contributed by atoms with E-state index in [4.69, 9.17) is 18.9 Å². The first kappa shape index (κ1) is 17.9. The van der Waals surface area contributed by atoms with Crippen LogP contribution < -0.4 is 0 Å². The molecule has 0 radical (unpaired) electrons. The van der Waals surface area contributed by atoms with Gasteiger partial charge in [0.05, 0.1) is 18.6 Å². The van der Waals surface area contributed by atoms with Gasteiger partial charge in [-0.05, 0) is 48.5 Å². The molecule has 6 nitrogen and oxygen atoms in total. The predicted molar refractivity (Wildman–Crippen MR) is 82.5 cm³/mol. The highest BCUT2D eigenvalue weighted by Crippen LogP contribution is 2.40. The largest absolute Gasteiger partial charge is 0.482 e. The smallest absolute Gasteiger partial charge is 0.348 e. The van der Waals surface area contributed by atoms with Crippen molar-refractivity contribution in [3.63, 3.8) is 0 Å². The zero-order chi connectivity index (χ0) is 17.6. The van der Waals surface area contributed by atoms with E-state index in [1.54, 1.807) is 41.5 Å². The number of esters is 1. The highest BCUT2D eigenvalue weighted by molar-refractivity contribution is 5.96. The van der Waals surface area contributed by atoms with Crippen molar-refractivity contribution in [3.8, 4) is 0 Å². The molecule has 0 saturated carbocycles. The Balaban J connectivity index is 2.29. The molecule has 1 fully saturated rings. The first-order valence-corrected chi connectivity index (χ1v) is 7.84. The third-order valence-corrected chi connectivity index (χ3v) is 3.79. The van der Waals surface area contributed by atoms with Gasteiger partial charge in [0.1, 0.15) is 11.4 Å². The van der Waals surface area contributed by atoms with Gasteiger partial charge in [-0.25, -0.2) is 4.79 Å². The molecule has 0 aromatic rings. The maximum absolute atomic E-state index is 12.5. The average Bonchev–Trinajstić information content (AvgIpc) is 2.86. The van der Waals surface area contributed by atoms with E-state index in [9.17, 15) is 9.59 Å². The normalized spacial score (nSPS) is 30.3. The molecular weight excluding hydrogens is 300 g/mol. The number of allylic oxidation sites excluding steroid dienone is 1. The lowest BCUT2D eigenvalue weighted by Gasteiger charge is -2.28. The molecule has 0 aliphatic carbocycles. The van der Waals surface area contributed by atoms with Crippen LogP contribution in [0.25, 0.3) is 0 Å². The molecule has 0 bridgehead atoms. The fourth-order valence-electron chi connectivity index (χ4n) is 3.02. The average molecular weight is 326 g/mol. The summed E-state index contributed by atoms with van der Waals surface area (Å²) in [6.45, 7) is 12.4. The summed E-state index contributed by atoms with van der Waals surface area (Å²) in [7, 11) is 0. The molecule has 0 aromatic heterocycles. The van der Waals surface area contributed by atoms with Crippen LogP contribution in [0.1, 0.15) is 48.5 Å². The van der Waals surface area contributed by atoms with Crippen molar-refractivity contribution in [2.24, 2.45) is 5.92 Å². The Labute approximate surface area is 137 Å². The number of carbonyl (C=O) groups is 2. The van der Waals surface area contributed by atoms with Crippen LogP contribution in [0, 0.1) is 5.92 Å². The lowest BCUT2D eigenvalue weighted by molar-refractivity contribution is -0.173. The van der Waals surface area contributed by atoms with E-state index in [0.717, 1.165) is 0 Å². The van der Waals surface area contributed by atoms with Crippen molar-refractivity contribution in [1.82, 2.24) is 0 Å². The van der Waals surface area contributed by atoms with Crippen LogP contribution in [-0.2, 0) is 28.5 Å². The van der Waals surface area contributed by atoms with Gasteiger partial charge in [-0.3, -0.25) is 4.79 Å². The molecule has 2 aliphatic rings. The maximum Gasteiger partial charge on any atom is 0.348 e. The van der Waals surface area contributed by atoms with E-state index < -0.39 is 35.5 Å². The van der Waals surface area contributed by atoms with Crippen LogP contribution >= 0.6 is 0 Å². The molecule has 0 unspecified atom stereocenters. The highest BCUT2D eigenvalue weighted by Gasteiger charge is 2.51. The van der Waals surface area contributed by atoms with Crippen molar-refractivity contribution in [1.29, 1.82) is 0 Å². The fraction of sp³-hybridized carbons (Fsp3) is 0.765. The molecule has 0 spiro atoms.